The van der Waals surface area contributed by atoms with Crippen LogP contribution in [0.1, 0.15) is 18.5 Å². The highest BCUT2D eigenvalue weighted by Crippen LogP contribution is 2.13. The van der Waals surface area contributed by atoms with Gasteiger partial charge < -0.3 is 5.32 Å². The molecule has 2 aromatic heterocycles. The molecule has 6 heteroatoms. The van der Waals surface area contributed by atoms with Gasteiger partial charge in [-0.25, -0.2) is 4.98 Å². The van der Waals surface area contributed by atoms with Gasteiger partial charge in [0.05, 0.1) is 5.69 Å². The lowest BCUT2D eigenvalue weighted by molar-refractivity contribution is 0.190. The first-order valence-electron chi connectivity index (χ1n) is 6.61. The predicted molar refractivity (Wildman–Crippen MR) is 76.7 cm³/mol. The maximum Gasteiger partial charge on any atom is 0.258 e. The monoisotopic (exact) mass is 278 g/mol. The normalized spacial score (nSPS) is 17.4. The fourth-order valence-electron chi connectivity index (χ4n) is 2.60. The van der Waals surface area contributed by atoms with Crippen molar-refractivity contribution in [3.05, 3.63) is 33.7 Å². The van der Waals surface area contributed by atoms with Crippen LogP contribution in [-0.4, -0.2) is 40.5 Å². The van der Waals surface area contributed by atoms with E-state index in [1.165, 1.54) is 11.3 Å². The number of thiazole rings is 1. The quantitative estimate of drug-likeness (QED) is 0.908. The number of rotatable bonds is 3. The molecule has 0 radical (unpaired) electrons. The first kappa shape index (κ1) is 12.8. The van der Waals surface area contributed by atoms with Crippen molar-refractivity contribution in [2.75, 3.05) is 20.1 Å². The predicted octanol–water partition coefficient (Wildman–Crippen LogP) is 0.940. The van der Waals surface area contributed by atoms with Gasteiger partial charge in [-0.1, -0.05) is 0 Å². The summed E-state index contributed by atoms with van der Waals surface area (Å²) in [6.07, 6.45) is 4.10. The van der Waals surface area contributed by atoms with Gasteiger partial charge in [-0.15, -0.1) is 11.3 Å². The van der Waals surface area contributed by atoms with Crippen LogP contribution >= 0.6 is 11.3 Å². The molecule has 3 rings (SSSR count). The summed E-state index contributed by atoms with van der Waals surface area (Å²) in [7, 11) is 2.12. The molecule has 19 heavy (non-hydrogen) atoms. The highest BCUT2D eigenvalue weighted by atomic mass is 32.1. The minimum atomic E-state index is 0.0139. The Labute approximate surface area is 115 Å². The molecule has 1 saturated heterocycles. The number of piperidine rings is 1. The fourth-order valence-corrected chi connectivity index (χ4v) is 3.34. The summed E-state index contributed by atoms with van der Waals surface area (Å²) in [6, 6.07) is 2.24. The van der Waals surface area contributed by atoms with Crippen LogP contribution in [0.15, 0.2) is 22.4 Å². The molecule has 0 atom stereocenters. The zero-order chi connectivity index (χ0) is 13.2. The van der Waals surface area contributed by atoms with E-state index in [1.54, 1.807) is 16.7 Å². The van der Waals surface area contributed by atoms with E-state index in [4.69, 9.17) is 0 Å². The molecular formula is C13H18N4OS. The second-order valence-electron chi connectivity index (χ2n) is 5.04. The average molecular weight is 278 g/mol. The smallest absolute Gasteiger partial charge is 0.258 e. The fraction of sp³-hybridized carbons (Fsp3) is 0.538. The van der Waals surface area contributed by atoms with Gasteiger partial charge in [0.15, 0.2) is 4.96 Å². The summed E-state index contributed by atoms with van der Waals surface area (Å²) < 4.78 is 1.60. The highest BCUT2D eigenvalue weighted by molar-refractivity contribution is 7.15. The third-order valence-electron chi connectivity index (χ3n) is 3.70. The molecule has 0 amide bonds. The summed E-state index contributed by atoms with van der Waals surface area (Å²) in [6.45, 7) is 2.90. The summed E-state index contributed by atoms with van der Waals surface area (Å²) in [4.78, 5) is 19.6. The Morgan fingerprint density at radius 1 is 1.53 bits per heavy atom. The molecule has 0 aromatic carbocycles. The molecule has 1 aliphatic heterocycles. The maximum atomic E-state index is 11.9. The summed E-state index contributed by atoms with van der Waals surface area (Å²) in [5, 5.41) is 5.26. The number of fused-ring (bicyclic) bond motifs is 1. The van der Waals surface area contributed by atoms with E-state index in [1.807, 2.05) is 5.38 Å². The molecular weight excluding hydrogens is 260 g/mol. The minimum absolute atomic E-state index is 0.0139. The lowest BCUT2D eigenvalue weighted by Crippen LogP contribution is -2.41. The molecule has 0 unspecified atom stereocenters. The van der Waals surface area contributed by atoms with E-state index < -0.39 is 0 Å². The Morgan fingerprint density at radius 3 is 3.11 bits per heavy atom. The lowest BCUT2D eigenvalue weighted by atomic mass is 10.1. The van der Waals surface area contributed by atoms with Crippen LogP contribution < -0.4 is 10.9 Å². The highest BCUT2D eigenvalue weighted by Gasteiger charge is 2.18. The van der Waals surface area contributed by atoms with Gasteiger partial charge in [0.1, 0.15) is 0 Å². The summed E-state index contributed by atoms with van der Waals surface area (Å²) >= 11 is 1.50. The number of nitrogens with one attached hydrogen (secondary N) is 1. The summed E-state index contributed by atoms with van der Waals surface area (Å²) in [5.74, 6) is 0. The average Bonchev–Trinajstić information content (AvgIpc) is 2.88. The van der Waals surface area contributed by atoms with E-state index in [0.717, 1.165) is 43.1 Å². The molecule has 1 fully saturated rings. The zero-order valence-electron chi connectivity index (χ0n) is 11.0. The molecule has 0 aliphatic carbocycles. The second-order valence-corrected chi connectivity index (χ2v) is 5.91. The van der Waals surface area contributed by atoms with Gasteiger partial charge in [-0.3, -0.25) is 14.1 Å². The van der Waals surface area contributed by atoms with Crippen molar-refractivity contribution in [3.8, 4) is 0 Å². The maximum absolute atomic E-state index is 11.9. The van der Waals surface area contributed by atoms with Crippen LogP contribution in [0.3, 0.4) is 0 Å². The molecule has 0 bridgehead atoms. The van der Waals surface area contributed by atoms with Gasteiger partial charge >= 0.3 is 0 Å². The molecule has 1 aliphatic rings. The topological polar surface area (TPSA) is 49.6 Å². The Balaban J connectivity index is 1.78. The summed E-state index contributed by atoms with van der Waals surface area (Å²) in [5.41, 5.74) is 0.883. The van der Waals surface area contributed by atoms with Crippen molar-refractivity contribution >= 4 is 16.3 Å². The van der Waals surface area contributed by atoms with E-state index in [2.05, 4.69) is 22.2 Å². The Morgan fingerprint density at radius 2 is 2.32 bits per heavy atom. The van der Waals surface area contributed by atoms with Gasteiger partial charge in [-0.2, -0.15) is 0 Å². The van der Waals surface area contributed by atoms with Crippen LogP contribution in [0.5, 0.6) is 0 Å². The van der Waals surface area contributed by atoms with Crippen molar-refractivity contribution in [2.24, 2.45) is 0 Å². The molecule has 1 N–H and O–H groups in total. The van der Waals surface area contributed by atoms with Crippen LogP contribution in [0, 0.1) is 0 Å². The number of nitrogens with zero attached hydrogens (tertiary/aromatic N) is 3. The van der Waals surface area contributed by atoms with Gasteiger partial charge in [0.2, 0.25) is 0 Å². The number of aromatic nitrogens is 2. The second kappa shape index (κ2) is 5.40. The first-order valence-corrected chi connectivity index (χ1v) is 7.49. The minimum Gasteiger partial charge on any atom is -0.317 e. The van der Waals surface area contributed by atoms with Gasteiger partial charge in [-0.05, 0) is 33.0 Å². The molecule has 0 saturated carbocycles. The van der Waals surface area contributed by atoms with Crippen molar-refractivity contribution in [2.45, 2.75) is 25.4 Å². The SMILES string of the molecule is CN(Cc1cc(=O)n2ccsc2n1)C1CCNCC1. The number of hydrogen-bond acceptors (Lipinski definition) is 5. The molecule has 5 nitrogen and oxygen atoms in total. The Hall–Kier alpha value is -1.24. The molecule has 3 heterocycles. The van der Waals surface area contributed by atoms with Crippen LogP contribution in [0.4, 0.5) is 0 Å². The van der Waals surface area contributed by atoms with Crippen molar-refractivity contribution in [3.63, 3.8) is 0 Å². The van der Waals surface area contributed by atoms with Gasteiger partial charge in [0.25, 0.3) is 5.56 Å². The van der Waals surface area contributed by atoms with Gasteiger partial charge in [0, 0.05) is 30.2 Å². The first-order chi connectivity index (χ1) is 9.24. The van der Waals surface area contributed by atoms with Crippen LogP contribution in [-0.2, 0) is 6.54 Å². The van der Waals surface area contributed by atoms with E-state index in [0.29, 0.717) is 6.04 Å². The van der Waals surface area contributed by atoms with E-state index in [-0.39, 0.29) is 5.56 Å². The van der Waals surface area contributed by atoms with E-state index >= 15 is 0 Å². The standard InChI is InChI=1S/C13H18N4OS/c1-16(11-2-4-14-5-3-11)9-10-8-12(18)17-6-7-19-13(17)15-10/h6-8,11,14H,2-5,9H2,1H3. The largest absolute Gasteiger partial charge is 0.317 e. The molecule has 0 spiro atoms. The zero-order valence-corrected chi connectivity index (χ0v) is 11.8. The van der Waals surface area contributed by atoms with Crippen LogP contribution in [0.25, 0.3) is 4.96 Å². The van der Waals surface area contributed by atoms with Crippen molar-refractivity contribution < 1.29 is 0 Å². The molecule has 2 aromatic rings. The van der Waals surface area contributed by atoms with Crippen molar-refractivity contribution in [1.29, 1.82) is 0 Å². The Kier molecular flexibility index (Phi) is 3.63. The third kappa shape index (κ3) is 2.70. The van der Waals surface area contributed by atoms with Crippen molar-refractivity contribution in [1.82, 2.24) is 19.6 Å². The third-order valence-corrected chi connectivity index (χ3v) is 4.46. The lowest BCUT2D eigenvalue weighted by Gasteiger charge is -2.31. The Bertz CT molecular complexity index is 614. The van der Waals surface area contributed by atoms with E-state index in [9.17, 15) is 4.79 Å². The van der Waals surface area contributed by atoms with Crippen LogP contribution in [0.2, 0.25) is 0 Å². The number of hydrogen-bond donors (Lipinski definition) is 1. The molecule has 102 valence electrons.